The zero-order valence-electron chi connectivity index (χ0n) is 10.7. The maximum Gasteiger partial charge on any atom is 0.000756 e. The van der Waals surface area contributed by atoms with Gasteiger partial charge in [0.1, 0.15) is 0 Å². The molecule has 1 N–H and O–H groups in total. The van der Waals surface area contributed by atoms with Crippen molar-refractivity contribution in [3.8, 4) is 0 Å². The summed E-state index contributed by atoms with van der Waals surface area (Å²) in [4.78, 5) is 0. The van der Waals surface area contributed by atoms with Crippen LogP contribution in [0, 0.1) is 23.2 Å². The van der Waals surface area contributed by atoms with Gasteiger partial charge in [0.25, 0.3) is 0 Å². The minimum Gasteiger partial charge on any atom is -0.319 e. The fourth-order valence-electron chi connectivity index (χ4n) is 4.10. The van der Waals surface area contributed by atoms with Crippen molar-refractivity contribution in [1.82, 2.24) is 5.32 Å². The average molecular weight is 209 g/mol. The van der Waals surface area contributed by atoms with Gasteiger partial charge in [-0.15, -0.1) is 0 Å². The Balaban J connectivity index is 1.98. The highest BCUT2D eigenvalue weighted by Crippen LogP contribution is 2.57. The minimum absolute atomic E-state index is 0.682. The first-order valence-corrected chi connectivity index (χ1v) is 6.81. The summed E-state index contributed by atoms with van der Waals surface area (Å²) in [6.45, 7) is 5.99. The van der Waals surface area contributed by atoms with Gasteiger partial charge < -0.3 is 5.32 Å². The second-order valence-electron chi connectivity index (χ2n) is 6.41. The zero-order chi connectivity index (χ0) is 10.9. The molecular weight excluding hydrogens is 182 g/mol. The normalized spacial score (nSPS) is 39.2. The zero-order valence-corrected chi connectivity index (χ0v) is 10.7. The lowest BCUT2D eigenvalue weighted by Gasteiger charge is -2.38. The molecule has 1 heteroatoms. The standard InChI is InChI=1S/C14H27N/c1-11(2)6-7-14(10-15-3)9-12-4-5-13(14)8-12/h11-13,15H,4-10H2,1-3H3. The van der Waals surface area contributed by atoms with Crippen molar-refractivity contribution in [3.05, 3.63) is 0 Å². The van der Waals surface area contributed by atoms with E-state index in [0.29, 0.717) is 5.41 Å². The van der Waals surface area contributed by atoms with Crippen LogP contribution in [0.15, 0.2) is 0 Å². The molecule has 0 aromatic rings. The monoisotopic (exact) mass is 209 g/mol. The maximum atomic E-state index is 3.46. The lowest BCUT2D eigenvalue weighted by Crippen LogP contribution is -2.37. The average Bonchev–Trinajstić information content (AvgIpc) is 2.75. The SMILES string of the molecule is CNCC1(CCC(C)C)CC2CCC1C2. The molecular formula is C14H27N. The third-order valence-corrected chi connectivity index (χ3v) is 4.85. The molecule has 0 spiro atoms. The largest absolute Gasteiger partial charge is 0.319 e. The Labute approximate surface area is 95.0 Å². The molecule has 0 radical (unpaired) electrons. The molecule has 0 amide bonds. The van der Waals surface area contributed by atoms with E-state index in [2.05, 4.69) is 26.2 Å². The highest BCUT2D eigenvalue weighted by Gasteiger charge is 2.49. The van der Waals surface area contributed by atoms with Crippen LogP contribution in [-0.4, -0.2) is 13.6 Å². The quantitative estimate of drug-likeness (QED) is 0.731. The van der Waals surface area contributed by atoms with Crippen LogP contribution in [0.5, 0.6) is 0 Å². The molecule has 88 valence electrons. The van der Waals surface area contributed by atoms with Crippen molar-refractivity contribution < 1.29 is 0 Å². The molecule has 0 saturated heterocycles. The van der Waals surface area contributed by atoms with Crippen molar-refractivity contribution in [3.63, 3.8) is 0 Å². The Morgan fingerprint density at radius 1 is 1.33 bits per heavy atom. The van der Waals surface area contributed by atoms with Crippen LogP contribution in [0.3, 0.4) is 0 Å². The van der Waals surface area contributed by atoms with Gasteiger partial charge in [0.05, 0.1) is 0 Å². The minimum atomic E-state index is 0.682. The number of hydrogen-bond acceptors (Lipinski definition) is 1. The lowest BCUT2D eigenvalue weighted by molar-refractivity contribution is 0.136. The van der Waals surface area contributed by atoms with Gasteiger partial charge in [0.15, 0.2) is 0 Å². The summed E-state index contributed by atoms with van der Waals surface area (Å²) in [6, 6.07) is 0. The predicted molar refractivity (Wildman–Crippen MR) is 65.9 cm³/mol. The molecule has 0 aromatic heterocycles. The second-order valence-corrected chi connectivity index (χ2v) is 6.41. The van der Waals surface area contributed by atoms with Crippen molar-refractivity contribution in [2.75, 3.05) is 13.6 Å². The summed E-state index contributed by atoms with van der Waals surface area (Å²) in [7, 11) is 2.13. The first-order chi connectivity index (χ1) is 7.16. The van der Waals surface area contributed by atoms with Crippen LogP contribution in [0.25, 0.3) is 0 Å². The van der Waals surface area contributed by atoms with Crippen molar-refractivity contribution in [1.29, 1.82) is 0 Å². The van der Waals surface area contributed by atoms with Gasteiger partial charge in [-0.1, -0.05) is 26.7 Å². The van der Waals surface area contributed by atoms with Gasteiger partial charge in [-0.3, -0.25) is 0 Å². The van der Waals surface area contributed by atoms with Gasteiger partial charge in [0.2, 0.25) is 0 Å². The van der Waals surface area contributed by atoms with E-state index in [1.165, 1.54) is 38.6 Å². The van der Waals surface area contributed by atoms with E-state index in [9.17, 15) is 0 Å². The van der Waals surface area contributed by atoms with Crippen LogP contribution in [-0.2, 0) is 0 Å². The number of nitrogens with one attached hydrogen (secondary N) is 1. The molecule has 0 heterocycles. The molecule has 3 unspecified atom stereocenters. The Morgan fingerprint density at radius 2 is 2.13 bits per heavy atom. The topological polar surface area (TPSA) is 12.0 Å². The van der Waals surface area contributed by atoms with Crippen LogP contribution in [0.1, 0.15) is 52.4 Å². The molecule has 3 atom stereocenters. The van der Waals surface area contributed by atoms with Crippen LogP contribution < -0.4 is 5.32 Å². The van der Waals surface area contributed by atoms with Gasteiger partial charge in [-0.25, -0.2) is 0 Å². The Kier molecular flexibility index (Phi) is 3.39. The van der Waals surface area contributed by atoms with Gasteiger partial charge in [-0.2, -0.15) is 0 Å². The predicted octanol–water partition coefficient (Wildman–Crippen LogP) is 3.45. The smallest absolute Gasteiger partial charge is 0.000756 e. The first-order valence-electron chi connectivity index (χ1n) is 6.81. The molecule has 0 aliphatic heterocycles. The summed E-state index contributed by atoms with van der Waals surface area (Å²) >= 11 is 0. The highest BCUT2D eigenvalue weighted by molar-refractivity contribution is 5.01. The molecule has 0 aromatic carbocycles. The summed E-state index contributed by atoms with van der Waals surface area (Å²) in [5, 5.41) is 3.46. The van der Waals surface area contributed by atoms with E-state index in [1.54, 1.807) is 6.42 Å². The van der Waals surface area contributed by atoms with Gasteiger partial charge >= 0.3 is 0 Å². The first kappa shape index (κ1) is 11.4. The van der Waals surface area contributed by atoms with Crippen molar-refractivity contribution in [2.24, 2.45) is 23.2 Å². The van der Waals surface area contributed by atoms with Crippen molar-refractivity contribution >= 4 is 0 Å². The molecule has 1 nitrogen and oxygen atoms in total. The molecule has 2 saturated carbocycles. The number of fused-ring (bicyclic) bond motifs is 2. The third-order valence-electron chi connectivity index (χ3n) is 4.85. The van der Waals surface area contributed by atoms with E-state index in [4.69, 9.17) is 0 Å². The molecule has 2 aliphatic carbocycles. The Hall–Kier alpha value is -0.0400. The molecule has 2 aliphatic rings. The van der Waals surface area contributed by atoms with Crippen LogP contribution in [0.2, 0.25) is 0 Å². The van der Waals surface area contributed by atoms with E-state index in [1.807, 2.05) is 0 Å². The van der Waals surface area contributed by atoms with Crippen molar-refractivity contribution in [2.45, 2.75) is 52.4 Å². The third kappa shape index (κ3) is 2.22. The fourth-order valence-corrected chi connectivity index (χ4v) is 4.10. The highest BCUT2D eigenvalue weighted by atomic mass is 14.8. The Bertz CT molecular complexity index is 211. The molecule has 2 rings (SSSR count). The van der Waals surface area contributed by atoms with Gasteiger partial charge in [-0.05, 0) is 55.9 Å². The number of hydrogen-bond donors (Lipinski definition) is 1. The van der Waals surface area contributed by atoms with E-state index >= 15 is 0 Å². The lowest BCUT2D eigenvalue weighted by atomic mass is 9.69. The summed E-state index contributed by atoms with van der Waals surface area (Å²) in [6.07, 6.45) is 8.99. The molecule has 15 heavy (non-hydrogen) atoms. The molecule has 2 bridgehead atoms. The summed E-state index contributed by atoms with van der Waals surface area (Å²) < 4.78 is 0. The number of rotatable bonds is 5. The van der Waals surface area contributed by atoms with Crippen LogP contribution in [0.4, 0.5) is 0 Å². The van der Waals surface area contributed by atoms with Crippen LogP contribution >= 0.6 is 0 Å². The molecule has 2 fully saturated rings. The Morgan fingerprint density at radius 3 is 2.60 bits per heavy atom. The summed E-state index contributed by atoms with van der Waals surface area (Å²) in [5.41, 5.74) is 0.682. The van der Waals surface area contributed by atoms with E-state index in [-0.39, 0.29) is 0 Å². The second kappa shape index (κ2) is 4.45. The van der Waals surface area contributed by atoms with E-state index < -0.39 is 0 Å². The summed E-state index contributed by atoms with van der Waals surface area (Å²) in [5.74, 6) is 3.00. The maximum absolute atomic E-state index is 3.46. The van der Waals surface area contributed by atoms with Gasteiger partial charge in [0, 0.05) is 6.54 Å². The van der Waals surface area contributed by atoms with E-state index in [0.717, 1.165) is 17.8 Å². The fraction of sp³-hybridized carbons (Fsp3) is 1.00.